The molecule has 4 N–H and O–H groups in total. The second-order valence-corrected chi connectivity index (χ2v) is 17.3. The van der Waals surface area contributed by atoms with E-state index in [4.69, 9.17) is 9.47 Å². The summed E-state index contributed by atoms with van der Waals surface area (Å²) in [6.07, 6.45) is 4.79. The summed E-state index contributed by atoms with van der Waals surface area (Å²) in [6.45, 7) is 18.7. The van der Waals surface area contributed by atoms with E-state index in [0.29, 0.717) is 25.0 Å². The fourth-order valence-corrected chi connectivity index (χ4v) is 10.5. The number of carbonyl (C=O) groups is 2. The smallest absolute Gasteiger partial charge is 0.193 e. The summed E-state index contributed by atoms with van der Waals surface area (Å²) in [5.41, 5.74) is -0.266. The fraction of sp³-hybridized carbons (Fsp3) is 0.675. The molecule has 8 atom stereocenters. The molecule has 51 heavy (non-hydrogen) atoms. The summed E-state index contributed by atoms with van der Waals surface area (Å²) >= 11 is 0. The number of amidine groups is 1. The molecule has 1 aromatic carbocycles. The molecule has 1 saturated heterocycles. The second kappa shape index (κ2) is 13.0. The predicted octanol–water partition coefficient (Wildman–Crippen LogP) is 5.69. The van der Waals surface area contributed by atoms with Gasteiger partial charge in [0.25, 0.3) is 0 Å². The lowest BCUT2D eigenvalue weighted by molar-refractivity contribution is -0.246. The number of hydrogen-bond donors (Lipinski definition) is 4. The molecule has 2 heterocycles. The lowest BCUT2D eigenvalue weighted by Gasteiger charge is -2.62. The third kappa shape index (κ3) is 5.83. The molecule has 9 nitrogen and oxygen atoms in total. The molecule has 282 valence electrons. The van der Waals surface area contributed by atoms with Crippen molar-refractivity contribution in [3.05, 3.63) is 52.1 Å². The Morgan fingerprint density at radius 3 is 2.45 bits per heavy atom. The molecule has 2 aliphatic heterocycles. The van der Waals surface area contributed by atoms with E-state index in [2.05, 4.69) is 44.1 Å². The number of fused-ring (bicyclic) bond motifs is 7. The van der Waals surface area contributed by atoms with Crippen LogP contribution in [-0.4, -0.2) is 81.7 Å². The van der Waals surface area contributed by atoms with Gasteiger partial charge in [0.05, 0.1) is 18.8 Å². The summed E-state index contributed by atoms with van der Waals surface area (Å²) in [4.78, 5) is 29.5. The van der Waals surface area contributed by atoms with Crippen molar-refractivity contribution >= 4 is 29.8 Å². The number of aryl methyl sites for hydroxylation is 1. The third-order valence-corrected chi connectivity index (χ3v) is 13.0. The van der Waals surface area contributed by atoms with E-state index in [0.717, 1.165) is 42.0 Å². The van der Waals surface area contributed by atoms with Gasteiger partial charge < -0.3 is 30.1 Å². The van der Waals surface area contributed by atoms with Crippen molar-refractivity contribution in [3.8, 4) is 5.75 Å². The largest absolute Gasteiger partial charge is 0.507 e. The number of phenolic OH excluding ortho intramolecular Hbond substituents is 1. The van der Waals surface area contributed by atoms with Crippen molar-refractivity contribution in [1.82, 2.24) is 5.32 Å². The summed E-state index contributed by atoms with van der Waals surface area (Å²) in [6, 6.07) is 2.12. The molecule has 4 fully saturated rings. The van der Waals surface area contributed by atoms with Crippen molar-refractivity contribution in [2.24, 2.45) is 27.7 Å². The van der Waals surface area contributed by atoms with Gasteiger partial charge in [0.15, 0.2) is 28.6 Å². The standard InChI is InChI=1S/C24H31FO6.C16H24N2O.ClH/c1-20(2)30-19-10-16-15-6-5-13-9-14(27)7-8-21(13,3)23(15,25)17(28)11-22(16,4)24(19,31-20)18(29)12-26;1-10-8-13(16(3,4)5)15(19)11(2)12(10)9-14-17-6-7-18-14;/h7-9,15-17,19,26,28H,5-6,10-12H2,1-4H3;8,19H,6-7,9H2,1-5H3,(H,17,18);1H/t15-,16-,17-,19+,21-,22-,23-,24+;;/m0../s1. The summed E-state index contributed by atoms with van der Waals surface area (Å²) in [7, 11) is 0. The number of aromatic hydroxyl groups is 1. The molecule has 3 saturated carbocycles. The van der Waals surface area contributed by atoms with Crippen LogP contribution in [0.4, 0.5) is 4.39 Å². The quantitative estimate of drug-likeness (QED) is 0.310. The van der Waals surface area contributed by atoms with E-state index >= 15 is 4.39 Å². The van der Waals surface area contributed by atoms with Crippen LogP contribution in [0.2, 0.25) is 0 Å². The van der Waals surface area contributed by atoms with E-state index in [1.165, 1.54) is 23.3 Å². The summed E-state index contributed by atoms with van der Waals surface area (Å²) in [5.74, 6) is -0.984. The molecule has 7 rings (SSSR count). The molecule has 0 spiro atoms. The van der Waals surface area contributed by atoms with Crippen molar-refractivity contribution < 1.29 is 38.8 Å². The molecule has 6 aliphatic rings. The molecular weight excluding hydrogens is 675 g/mol. The molecule has 0 radical (unpaired) electrons. The molecular formula is C40H56ClFN2O7. The lowest BCUT2D eigenvalue weighted by atomic mass is 9.44. The van der Waals surface area contributed by atoms with Crippen LogP contribution in [0.25, 0.3) is 0 Å². The Kier molecular flexibility index (Phi) is 10.1. The van der Waals surface area contributed by atoms with E-state index in [1.807, 2.05) is 13.8 Å². The maximum atomic E-state index is 17.1. The first kappa shape index (κ1) is 39.6. The zero-order valence-electron chi connectivity index (χ0n) is 31.5. The zero-order chi connectivity index (χ0) is 36.8. The highest BCUT2D eigenvalue weighted by Gasteiger charge is 2.80. The van der Waals surface area contributed by atoms with Gasteiger partial charge in [0.1, 0.15) is 18.2 Å². The Morgan fingerprint density at radius 2 is 1.84 bits per heavy atom. The Morgan fingerprint density at radius 1 is 1.16 bits per heavy atom. The molecule has 0 bridgehead atoms. The number of nitrogens with one attached hydrogen (secondary N) is 1. The Balaban J connectivity index is 0.000000218. The van der Waals surface area contributed by atoms with Gasteiger partial charge in [-0.3, -0.25) is 14.6 Å². The van der Waals surface area contributed by atoms with Crippen LogP contribution in [-0.2, 0) is 30.9 Å². The minimum Gasteiger partial charge on any atom is -0.507 e. The van der Waals surface area contributed by atoms with Crippen LogP contribution in [0, 0.1) is 36.5 Å². The highest BCUT2D eigenvalue weighted by Crippen LogP contribution is 2.72. The molecule has 11 heteroatoms. The number of rotatable bonds is 4. The number of phenols is 1. The van der Waals surface area contributed by atoms with E-state index in [-0.39, 0.29) is 35.9 Å². The topological polar surface area (TPSA) is 138 Å². The van der Waals surface area contributed by atoms with Gasteiger partial charge in [-0.05, 0) is 106 Å². The number of halogens is 2. The van der Waals surface area contributed by atoms with E-state index < -0.39 is 58.4 Å². The number of hydrogen-bond acceptors (Lipinski definition) is 9. The maximum absolute atomic E-state index is 17.1. The predicted molar refractivity (Wildman–Crippen MR) is 196 cm³/mol. The Bertz CT molecular complexity index is 1700. The Hall–Kier alpha value is -2.63. The SMILES string of the molecule is CC1(C)O[C@@H]2C[C@H]3[C@@H]4CCC5=CC(=O)C=C[C@]5(C)[C@@]4(F)[C@@H](O)C[C@]3(C)[C@]2(C(=O)CO)O1.Cc1cc(C(C)(C)C)c(O)c(C)c1CC1=NCCN1.Cl. The first-order chi connectivity index (χ1) is 23.2. The Labute approximate surface area is 307 Å². The van der Waals surface area contributed by atoms with Gasteiger partial charge >= 0.3 is 0 Å². The number of benzene rings is 1. The van der Waals surface area contributed by atoms with Crippen molar-refractivity contribution in [3.63, 3.8) is 0 Å². The monoisotopic (exact) mass is 730 g/mol. The molecule has 0 unspecified atom stereocenters. The minimum atomic E-state index is -1.98. The van der Waals surface area contributed by atoms with Crippen molar-refractivity contribution in [2.75, 3.05) is 19.7 Å². The van der Waals surface area contributed by atoms with Gasteiger partial charge in [0.2, 0.25) is 0 Å². The van der Waals surface area contributed by atoms with Gasteiger partial charge in [-0.1, -0.05) is 45.4 Å². The highest BCUT2D eigenvalue weighted by atomic mass is 35.5. The average molecular weight is 731 g/mol. The highest BCUT2D eigenvalue weighted by molar-refractivity contribution is 6.01. The number of allylic oxidation sites excluding steroid dienone is 4. The van der Waals surface area contributed by atoms with Gasteiger partial charge in [0, 0.05) is 29.7 Å². The second-order valence-electron chi connectivity index (χ2n) is 17.3. The number of Topliss-reactive ketones (excluding diaryl/α,β-unsaturated/α-hetero) is 1. The summed E-state index contributed by atoms with van der Waals surface area (Å²) < 4.78 is 29.5. The number of ketones is 2. The fourth-order valence-electron chi connectivity index (χ4n) is 10.5. The van der Waals surface area contributed by atoms with Crippen LogP contribution < -0.4 is 5.32 Å². The number of nitrogens with zero attached hydrogens (tertiary/aromatic N) is 1. The normalized spacial score (nSPS) is 37.4. The number of carbonyl (C=O) groups excluding carboxylic acids is 2. The number of aliphatic imine (C=N–C) groups is 1. The van der Waals surface area contributed by atoms with Gasteiger partial charge in [-0.15, -0.1) is 12.4 Å². The number of ether oxygens (including phenoxy) is 2. The number of alkyl halides is 1. The zero-order valence-corrected chi connectivity index (χ0v) is 32.3. The van der Waals surface area contributed by atoms with Crippen LogP contribution >= 0.6 is 12.4 Å². The minimum absolute atomic E-state index is 0. The van der Waals surface area contributed by atoms with Crippen LogP contribution in [0.1, 0.15) is 96.4 Å². The van der Waals surface area contributed by atoms with Crippen molar-refractivity contribution in [2.45, 2.75) is 129 Å². The van der Waals surface area contributed by atoms with Gasteiger partial charge in [-0.2, -0.15) is 0 Å². The first-order valence-corrected chi connectivity index (χ1v) is 18.1. The van der Waals surface area contributed by atoms with Crippen LogP contribution in [0.15, 0.2) is 34.9 Å². The van der Waals surface area contributed by atoms with Crippen LogP contribution in [0.5, 0.6) is 5.75 Å². The van der Waals surface area contributed by atoms with Gasteiger partial charge in [-0.25, -0.2) is 4.39 Å². The van der Waals surface area contributed by atoms with Crippen molar-refractivity contribution in [1.29, 1.82) is 0 Å². The summed E-state index contributed by atoms with van der Waals surface area (Å²) in [5, 5.41) is 34.9. The third-order valence-electron chi connectivity index (χ3n) is 13.0. The van der Waals surface area contributed by atoms with E-state index in [1.54, 1.807) is 26.8 Å². The average Bonchev–Trinajstić information content (AvgIpc) is 3.70. The molecule has 1 aromatic rings. The molecule has 0 aromatic heterocycles. The lowest BCUT2D eigenvalue weighted by Crippen LogP contribution is -2.70. The maximum Gasteiger partial charge on any atom is 0.193 e. The van der Waals surface area contributed by atoms with Crippen LogP contribution in [0.3, 0.4) is 0 Å². The molecule has 4 aliphatic carbocycles. The van der Waals surface area contributed by atoms with E-state index in [9.17, 15) is 24.9 Å². The number of aliphatic hydroxyl groups excluding tert-OH is 2. The molecule has 0 amide bonds. The number of aliphatic hydroxyl groups is 2. The first-order valence-electron chi connectivity index (χ1n) is 18.1.